The molecule has 0 aliphatic rings. The zero-order valence-electron chi connectivity index (χ0n) is 33.7. The van der Waals surface area contributed by atoms with Gasteiger partial charge in [-0.25, -0.2) is 0 Å². The number of fused-ring (bicyclic) bond motifs is 2. The van der Waals surface area contributed by atoms with Gasteiger partial charge in [-0.1, -0.05) is 212 Å². The van der Waals surface area contributed by atoms with Gasteiger partial charge >= 0.3 is 0 Å². The fraction of sp³-hybridized carbons (Fsp3) is 0.0508. The van der Waals surface area contributed by atoms with Crippen molar-refractivity contribution in [2.75, 3.05) is 4.90 Å². The first-order valence-corrected chi connectivity index (χ1v) is 20.9. The van der Waals surface area contributed by atoms with Crippen molar-refractivity contribution in [2.24, 2.45) is 0 Å². The lowest BCUT2D eigenvalue weighted by Crippen LogP contribution is -2.10. The molecule has 10 rings (SSSR count). The second-order valence-corrected chi connectivity index (χ2v) is 15.8. The number of rotatable bonds is 10. The lowest BCUT2D eigenvalue weighted by Gasteiger charge is -2.27. The Kier molecular flexibility index (Phi) is 10.1. The third-order valence-electron chi connectivity index (χ3n) is 12.0. The molecule has 0 bridgehead atoms. The summed E-state index contributed by atoms with van der Waals surface area (Å²) in [4.78, 5) is 2.38. The van der Waals surface area contributed by atoms with Crippen molar-refractivity contribution in [2.45, 2.75) is 19.3 Å². The van der Waals surface area contributed by atoms with Gasteiger partial charge in [0, 0.05) is 22.7 Å². The number of anilines is 3. The van der Waals surface area contributed by atoms with Crippen molar-refractivity contribution in [1.29, 1.82) is 0 Å². The number of aryl methyl sites for hydroxylation is 1. The van der Waals surface area contributed by atoms with Crippen molar-refractivity contribution >= 4 is 38.6 Å². The topological polar surface area (TPSA) is 3.24 Å². The SMILES string of the molecule is Cc1ccc2cccc(C(Cc3ccc(-c4ccc(N(c5ccc(-c6ccccc6)cc5)c5cccc6ccccc56)cc4)cc3)c3ccc(-c4ccccc4)cc3)c2c1. The summed E-state index contributed by atoms with van der Waals surface area (Å²) in [7, 11) is 0. The van der Waals surface area contributed by atoms with Crippen molar-refractivity contribution in [3.8, 4) is 33.4 Å². The first kappa shape index (κ1) is 36.8. The second kappa shape index (κ2) is 16.4. The van der Waals surface area contributed by atoms with Gasteiger partial charge in [0.05, 0.1) is 5.69 Å². The Hall–Kier alpha value is -7.48. The van der Waals surface area contributed by atoms with Gasteiger partial charge in [-0.05, 0) is 110 Å². The predicted molar refractivity (Wildman–Crippen MR) is 256 cm³/mol. The molecular weight excluding hydrogens is 723 g/mol. The number of nitrogens with zero attached hydrogens (tertiary/aromatic N) is 1. The molecule has 0 N–H and O–H groups in total. The molecule has 0 radical (unpaired) electrons. The van der Waals surface area contributed by atoms with Gasteiger partial charge < -0.3 is 4.90 Å². The lowest BCUT2D eigenvalue weighted by atomic mass is 9.82. The second-order valence-electron chi connectivity index (χ2n) is 15.8. The van der Waals surface area contributed by atoms with Gasteiger partial charge in [0.15, 0.2) is 0 Å². The number of hydrogen-bond donors (Lipinski definition) is 0. The van der Waals surface area contributed by atoms with E-state index in [0.29, 0.717) is 0 Å². The largest absolute Gasteiger partial charge is 0.310 e. The molecule has 1 atom stereocenters. The molecule has 0 aliphatic carbocycles. The Labute approximate surface area is 353 Å². The summed E-state index contributed by atoms with van der Waals surface area (Å²) in [6.07, 6.45) is 0.903. The third kappa shape index (κ3) is 7.50. The van der Waals surface area contributed by atoms with Crippen LogP contribution in [0, 0.1) is 6.92 Å². The van der Waals surface area contributed by atoms with E-state index in [2.05, 4.69) is 248 Å². The maximum absolute atomic E-state index is 2.38. The predicted octanol–water partition coefficient (Wildman–Crippen LogP) is 16.1. The molecule has 1 nitrogen and oxygen atoms in total. The van der Waals surface area contributed by atoms with Crippen molar-refractivity contribution in [3.63, 3.8) is 0 Å². The van der Waals surface area contributed by atoms with E-state index in [1.165, 1.54) is 77.2 Å². The van der Waals surface area contributed by atoms with Gasteiger partial charge in [0.2, 0.25) is 0 Å². The molecule has 286 valence electrons. The zero-order valence-corrected chi connectivity index (χ0v) is 33.7. The van der Waals surface area contributed by atoms with E-state index in [9.17, 15) is 0 Å². The minimum Gasteiger partial charge on any atom is -0.310 e. The van der Waals surface area contributed by atoms with Crippen molar-refractivity contribution in [3.05, 3.63) is 259 Å². The third-order valence-corrected chi connectivity index (χ3v) is 12.0. The lowest BCUT2D eigenvalue weighted by molar-refractivity contribution is 0.812. The van der Waals surface area contributed by atoms with E-state index in [4.69, 9.17) is 0 Å². The molecule has 0 aliphatic heterocycles. The van der Waals surface area contributed by atoms with Crippen LogP contribution in [0.25, 0.3) is 54.9 Å². The first-order chi connectivity index (χ1) is 29.6. The Morgan fingerprint density at radius 1 is 0.367 bits per heavy atom. The summed E-state index contributed by atoms with van der Waals surface area (Å²) in [5, 5.41) is 5.05. The molecule has 1 heteroatoms. The van der Waals surface area contributed by atoms with Crippen LogP contribution in [0.3, 0.4) is 0 Å². The quantitative estimate of drug-likeness (QED) is 0.134. The molecule has 10 aromatic rings. The number of hydrogen-bond acceptors (Lipinski definition) is 1. The molecule has 60 heavy (non-hydrogen) atoms. The summed E-state index contributed by atoms with van der Waals surface area (Å²) in [6, 6.07) is 86.5. The molecular formula is C59H45N. The molecule has 1 unspecified atom stereocenters. The zero-order chi connectivity index (χ0) is 40.3. The van der Waals surface area contributed by atoms with Crippen LogP contribution in [-0.4, -0.2) is 0 Å². The average Bonchev–Trinajstić information content (AvgIpc) is 3.32. The highest BCUT2D eigenvalue weighted by molar-refractivity contribution is 5.99. The van der Waals surface area contributed by atoms with Crippen LogP contribution in [0.15, 0.2) is 237 Å². The molecule has 10 aromatic carbocycles. The minimum absolute atomic E-state index is 0.201. The highest BCUT2D eigenvalue weighted by Crippen LogP contribution is 2.41. The van der Waals surface area contributed by atoms with Crippen molar-refractivity contribution in [1.82, 2.24) is 0 Å². The Bertz CT molecular complexity index is 3020. The molecule has 0 saturated carbocycles. The molecule has 0 heterocycles. The smallest absolute Gasteiger partial charge is 0.0540 e. The van der Waals surface area contributed by atoms with Gasteiger partial charge in [0.1, 0.15) is 0 Å². The average molecular weight is 768 g/mol. The molecule has 0 amide bonds. The fourth-order valence-corrected chi connectivity index (χ4v) is 8.80. The first-order valence-electron chi connectivity index (χ1n) is 20.9. The van der Waals surface area contributed by atoms with Crippen LogP contribution in [0.5, 0.6) is 0 Å². The van der Waals surface area contributed by atoms with Crippen molar-refractivity contribution < 1.29 is 0 Å². The van der Waals surface area contributed by atoms with Crippen LogP contribution >= 0.6 is 0 Å². The summed E-state index contributed by atoms with van der Waals surface area (Å²) >= 11 is 0. The van der Waals surface area contributed by atoms with Crippen LogP contribution in [0.2, 0.25) is 0 Å². The minimum atomic E-state index is 0.201. The maximum atomic E-state index is 2.38. The Balaban J connectivity index is 0.963. The molecule has 0 saturated heterocycles. The maximum Gasteiger partial charge on any atom is 0.0540 e. The standard InChI is InChI=1S/C59H45N/c1-42-22-25-51-17-10-20-56(57(51)40-42)58(52-30-28-47(29-31-52)44-12-4-2-5-13-44)41-43-23-26-46(27-24-43)49-34-38-54(39-35-49)60(59-21-11-18-50-16-8-9-19-55(50)59)53-36-32-48(33-37-53)45-14-6-3-7-15-45/h2-40,58H,41H2,1H3. The molecule has 0 spiro atoms. The molecule has 0 fully saturated rings. The van der Waals surface area contributed by atoms with Gasteiger partial charge in [-0.2, -0.15) is 0 Å². The van der Waals surface area contributed by atoms with E-state index < -0.39 is 0 Å². The van der Waals surface area contributed by atoms with E-state index >= 15 is 0 Å². The molecule has 0 aromatic heterocycles. The van der Waals surface area contributed by atoms with Gasteiger partial charge in [-0.3, -0.25) is 0 Å². The van der Waals surface area contributed by atoms with Crippen LogP contribution in [0.4, 0.5) is 17.1 Å². The number of benzene rings is 10. The fourth-order valence-electron chi connectivity index (χ4n) is 8.80. The normalized spacial score (nSPS) is 11.8. The van der Waals surface area contributed by atoms with Gasteiger partial charge in [0.25, 0.3) is 0 Å². The van der Waals surface area contributed by atoms with E-state index in [1.54, 1.807) is 0 Å². The summed E-state index contributed by atoms with van der Waals surface area (Å²) in [5.41, 5.74) is 16.0. The van der Waals surface area contributed by atoms with Crippen LogP contribution < -0.4 is 4.90 Å². The monoisotopic (exact) mass is 767 g/mol. The highest BCUT2D eigenvalue weighted by Gasteiger charge is 2.19. The van der Waals surface area contributed by atoms with E-state index in [0.717, 1.165) is 23.5 Å². The van der Waals surface area contributed by atoms with Crippen LogP contribution in [-0.2, 0) is 6.42 Å². The summed E-state index contributed by atoms with van der Waals surface area (Å²) < 4.78 is 0. The Morgan fingerprint density at radius 2 is 0.833 bits per heavy atom. The highest BCUT2D eigenvalue weighted by atomic mass is 15.1. The van der Waals surface area contributed by atoms with E-state index in [1.807, 2.05) is 0 Å². The summed E-state index contributed by atoms with van der Waals surface area (Å²) in [6.45, 7) is 2.19. The van der Waals surface area contributed by atoms with Crippen LogP contribution in [0.1, 0.15) is 28.2 Å². The van der Waals surface area contributed by atoms with Gasteiger partial charge in [-0.15, -0.1) is 0 Å². The van der Waals surface area contributed by atoms with E-state index in [-0.39, 0.29) is 5.92 Å². The summed E-state index contributed by atoms with van der Waals surface area (Å²) in [5.74, 6) is 0.201. The Morgan fingerprint density at radius 3 is 1.43 bits per heavy atom.